The Balaban J connectivity index is 2.48. The largest absolute Gasteiger partial charge is 0.383 e. The number of anilines is 1. The second-order valence-electron chi connectivity index (χ2n) is 3.63. The highest BCUT2D eigenvalue weighted by molar-refractivity contribution is 9.10. The van der Waals surface area contributed by atoms with E-state index >= 15 is 0 Å². The summed E-state index contributed by atoms with van der Waals surface area (Å²) in [4.78, 5) is 8.49. The Morgan fingerprint density at radius 1 is 1.28 bits per heavy atom. The molecule has 0 saturated carbocycles. The van der Waals surface area contributed by atoms with E-state index in [9.17, 15) is 4.39 Å². The zero-order valence-electron chi connectivity index (χ0n) is 9.65. The lowest BCUT2D eigenvalue weighted by Crippen LogP contribution is -2.03. The van der Waals surface area contributed by atoms with Gasteiger partial charge >= 0.3 is 0 Å². The SMILES string of the molecule is COCc1nc(-c2ccc(F)cc2)nc(N)c1Br. The predicted octanol–water partition coefficient (Wildman–Crippen LogP) is 2.77. The van der Waals surface area contributed by atoms with E-state index in [0.29, 0.717) is 34.0 Å². The van der Waals surface area contributed by atoms with Crippen molar-refractivity contribution in [2.24, 2.45) is 0 Å². The van der Waals surface area contributed by atoms with Gasteiger partial charge in [-0.05, 0) is 40.2 Å². The number of aromatic nitrogens is 2. The smallest absolute Gasteiger partial charge is 0.161 e. The molecule has 1 aromatic heterocycles. The van der Waals surface area contributed by atoms with E-state index in [1.54, 1.807) is 19.2 Å². The van der Waals surface area contributed by atoms with Crippen molar-refractivity contribution in [1.82, 2.24) is 9.97 Å². The van der Waals surface area contributed by atoms with Crippen molar-refractivity contribution in [2.45, 2.75) is 6.61 Å². The summed E-state index contributed by atoms with van der Waals surface area (Å²) in [6, 6.07) is 5.92. The first-order valence-electron chi connectivity index (χ1n) is 5.18. The summed E-state index contributed by atoms with van der Waals surface area (Å²) in [6.07, 6.45) is 0. The fourth-order valence-electron chi connectivity index (χ4n) is 1.47. The van der Waals surface area contributed by atoms with E-state index < -0.39 is 0 Å². The first-order chi connectivity index (χ1) is 8.61. The van der Waals surface area contributed by atoms with E-state index in [1.165, 1.54) is 12.1 Å². The van der Waals surface area contributed by atoms with Gasteiger partial charge in [0.25, 0.3) is 0 Å². The third-order valence-electron chi connectivity index (χ3n) is 2.33. The fourth-order valence-corrected chi connectivity index (χ4v) is 1.77. The summed E-state index contributed by atoms with van der Waals surface area (Å²) in [7, 11) is 1.57. The number of hydrogen-bond acceptors (Lipinski definition) is 4. The molecular formula is C12H11BrFN3O. The zero-order valence-corrected chi connectivity index (χ0v) is 11.2. The number of methoxy groups -OCH3 is 1. The van der Waals surface area contributed by atoms with Crippen molar-refractivity contribution < 1.29 is 9.13 Å². The lowest BCUT2D eigenvalue weighted by atomic mass is 10.2. The van der Waals surface area contributed by atoms with E-state index in [-0.39, 0.29) is 5.82 Å². The van der Waals surface area contributed by atoms with Crippen LogP contribution in [0.15, 0.2) is 28.7 Å². The molecule has 1 aromatic carbocycles. The second-order valence-corrected chi connectivity index (χ2v) is 4.43. The first-order valence-corrected chi connectivity index (χ1v) is 5.98. The zero-order chi connectivity index (χ0) is 13.1. The van der Waals surface area contributed by atoms with Gasteiger partial charge in [-0.3, -0.25) is 0 Å². The fraction of sp³-hybridized carbons (Fsp3) is 0.167. The van der Waals surface area contributed by atoms with E-state index in [1.807, 2.05) is 0 Å². The van der Waals surface area contributed by atoms with Gasteiger partial charge in [-0.1, -0.05) is 0 Å². The van der Waals surface area contributed by atoms with Crippen LogP contribution in [0.4, 0.5) is 10.2 Å². The predicted molar refractivity (Wildman–Crippen MR) is 70.3 cm³/mol. The Kier molecular flexibility index (Phi) is 3.88. The summed E-state index contributed by atoms with van der Waals surface area (Å²) in [6.45, 7) is 0.321. The number of ether oxygens (including phenoxy) is 1. The van der Waals surface area contributed by atoms with Crippen LogP contribution in [0.2, 0.25) is 0 Å². The number of nitrogens with zero attached hydrogens (tertiary/aromatic N) is 2. The molecule has 0 aliphatic heterocycles. The summed E-state index contributed by atoms with van der Waals surface area (Å²) in [5.41, 5.74) is 7.15. The van der Waals surface area contributed by atoms with Gasteiger partial charge < -0.3 is 10.5 Å². The Hall–Kier alpha value is -1.53. The van der Waals surface area contributed by atoms with Gasteiger partial charge in [-0.25, -0.2) is 14.4 Å². The van der Waals surface area contributed by atoms with Gasteiger partial charge in [0.05, 0.1) is 16.8 Å². The summed E-state index contributed by atoms with van der Waals surface area (Å²) >= 11 is 3.31. The van der Waals surface area contributed by atoms with Crippen LogP contribution in [-0.2, 0) is 11.3 Å². The molecule has 6 heteroatoms. The molecule has 2 rings (SSSR count). The van der Waals surface area contributed by atoms with Crippen molar-refractivity contribution in [2.75, 3.05) is 12.8 Å². The van der Waals surface area contributed by atoms with Gasteiger partial charge in [-0.2, -0.15) is 0 Å². The molecular weight excluding hydrogens is 301 g/mol. The highest BCUT2D eigenvalue weighted by Crippen LogP contribution is 2.25. The van der Waals surface area contributed by atoms with Crippen LogP contribution in [-0.4, -0.2) is 17.1 Å². The molecule has 0 aliphatic rings. The molecule has 0 atom stereocenters. The van der Waals surface area contributed by atoms with Crippen LogP contribution in [0.25, 0.3) is 11.4 Å². The van der Waals surface area contributed by atoms with Crippen LogP contribution in [0.3, 0.4) is 0 Å². The molecule has 18 heavy (non-hydrogen) atoms. The molecule has 0 bridgehead atoms. The van der Waals surface area contributed by atoms with Gasteiger partial charge in [0.15, 0.2) is 5.82 Å². The van der Waals surface area contributed by atoms with Gasteiger partial charge in [-0.15, -0.1) is 0 Å². The number of benzene rings is 1. The monoisotopic (exact) mass is 311 g/mol. The average molecular weight is 312 g/mol. The Morgan fingerprint density at radius 3 is 2.56 bits per heavy atom. The number of nitrogen functional groups attached to an aromatic ring is 1. The average Bonchev–Trinajstić information content (AvgIpc) is 2.36. The lowest BCUT2D eigenvalue weighted by Gasteiger charge is -2.08. The first kappa shape index (κ1) is 12.9. The molecule has 0 amide bonds. The quantitative estimate of drug-likeness (QED) is 0.947. The third-order valence-corrected chi connectivity index (χ3v) is 3.19. The molecule has 0 spiro atoms. The van der Waals surface area contributed by atoms with Crippen LogP contribution < -0.4 is 5.73 Å². The van der Waals surface area contributed by atoms with Crippen LogP contribution in [0, 0.1) is 5.82 Å². The van der Waals surface area contributed by atoms with E-state index in [0.717, 1.165) is 0 Å². The summed E-state index contributed by atoms with van der Waals surface area (Å²) in [5, 5.41) is 0. The minimum atomic E-state index is -0.305. The van der Waals surface area contributed by atoms with Crippen LogP contribution in [0.1, 0.15) is 5.69 Å². The molecule has 2 N–H and O–H groups in total. The molecule has 0 saturated heterocycles. The highest BCUT2D eigenvalue weighted by atomic mass is 79.9. The number of nitrogens with two attached hydrogens (primary N) is 1. The maximum Gasteiger partial charge on any atom is 0.161 e. The van der Waals surface area contributed by atoms with Gasteiger partial charge in [0.1, 0.15) is 11.6 Å². The van der Waals surface area contributed by atoms with E-state index in [2.05, 4.69) is 25.9 Å². The number of halogens is 2. The number of hydrogen-bond donors (Lipinski definition) is 1. The van der Waals surface area contributed by atoms with Gasteiger partial charge in [0.2, 0.25) is 0 Å². The Morgan fingerprint density at radius 2 is 1.94 bits per heavy atom. The van der Waals surface area contributed by atoms with Crippen LogP contribution >= 0.6 is 15.9 Å². The summed E-state index contributed by atoms with van der Waals surface area (Å²) < 4.78 is 18.5. The lowest BCUT2D eigenvalue weighted by molar-refractivity contribution is 0.181. The van der Waals surface area contributed by atoms with Gasteiger partial charge in [0, 0.05) is 12.7 Å². The highest BCUT2D eigenvalue weighted by Gasteiger charge is 2.11. The summed E-state index contributed by atoms with van der Waals surface area (Å²) in [5.74, 6) is 0.472. The topological polar surface area (TPSA) is 61.0 Å². The Labute approximate surface area is 112 Å². The molecule has 0 unspecified atom stereocenters. The molecule has 4 nitrogen and oxygen atoms in total. The number of rotatable bonds is 3. The molecule has 0 fully saturated rings. The van der Waals surface area contributed by atoms with Crippen molar-refractivity contribution in [1.29, 1.82) is 0 Å². The molecule has 1 heterocycles. The van der Waals surface area contributed by atoms with Crippen molar-refractivity contribution in [3.63, 3.8) is 0 Å². The van der Waals surface area contributed by atoms with E-state index in [4.69, 9.17) is 10.5 Å². The minimum Gasteiger partial charge on any atom is -0.383 e. The van der Waals surface area contributed by atoms with Crippen molar-refractivity contribution in [3.05, 3.63) is 40.2 Å². The van der Waals surface area contributed by atoms with Crippen molar-refractivity contribution >= 4 is 21.7 Å². The standard InChI is InChI=1S/C12H11BrFN3O/c1-18-6-9-10(13)11(15)17-12(16-9)7-2-4-8(14)5-3-7/h2-5H,6H2,1H3,(H2,15,16,17). The third kappa shape index (κ3) is 2.65. The second kappa shape index (κ2) is 5.41. The Bertz CT molecular complexity index is 560. The van der Waals surface area contributed by atoms with Crippen molar-refractivity contribution in [3.8, 4) is 11.4 Å². The normalized spacial score (nSPS) is 10.6. The maximum absolute atomic E-state index is 12.9. The molecule has 0 aliphatic carbocycles. The molecule has 94 valence electrons. The van der Waals surface area contributed by atoms with Crippen LogP contribution in [0.5, 0.6) is 0 Å². The maximum atomic E-state index is 12.9. The molecule has 0 radical (unpaired) electrons. The minimum absolute atomic E-state index is 0.305. The molecule has 2 aromatic rings.